The highest BCUT2D eigenvalue weighted by Crippen LogP contribution is 2.24. The van der Waals surface area contributed by atoms with Crippen LogP contribution in [-0.2, 0) is 0 Å². The predicted molar refractivity (Wildman–Crippen MR) is 75.2 cm³/mol. The summed E-state index contributed by atoms with van der Waals surface area (Å²) in [7, 11) is 0. The van der Waals surface area contributed by atoms with Crippen molar-refractivity contribution in [2.45, 2.75) is 0 Å². The highest BCUT2D eigenvalue weighted by atomic mass is 35.5. The molecule has 19 heavy (non-hydrogen) atoms. The Morgan fingerprint density at radius 1 is 1.11 bits per heavy atom. The first-order chi connectivity index (χ1) is 8.97. The van der Waals surface area contributed by atoms with E-state index in [0.29, 0.717) is 16.4 Å². The maximum atomic E-state index is 13.5. The Balaban J connectivity index is 2.28. The van der Waals surface area contributed by atoms with Crippen LogP contribution in [-0.4, -0.2) is 5.91 Å². The number of carbonyl (C=O) groups excluding carboxylic acids is 1. The van der Waals surface area contributed by atoms with Crippen LogP contribution in [0.25, 0.3) is 0 Å². The van der Waals surface area contributed by atoms with Gasteiger partial charge in [0.05, 0.1) is 16.9 Å². The molecule has 0 aromatic heterocycles. The first kappa shape index (κ1) is 13.6. The predicted octanol–water partition coefficient (Wildman–Crippen LogP) is 3.97. The topological polar surface area (TPSA) is 55.1 Å². The summed E-state index contributed by atoms with van der Waals surface area (Å²) in [4.78, 5) is 11.9. The fourth-order valence-electron chi connectivity index (χ4n) is 1.51. The van der Waals surface area contributed by atoms with Gasteiger partial charge in [-0.05, 0) is 36.4 Å². The summed E-state index contributed by atoms with van der Waals surface area (Å²) in [6.07, 6.45) is 0. The first-order valence-corrected chi connectivity index (χ1v) is 6.04. The summed E-state index contributed by atoms with van der Waals surface area (Å²) in [5.41, 5.74) is 6.20. The standard InChI is InChI=1S/C13H9Cl2FN2O/c14-7-1-3-10(16)9(5-7)13(19)18-12-4-2-8(15)6-11(12)17/h1-6H,17H2,(H,18,19). The van der Waals surface area contributed by atoms with Crippen LogP contribution < -0.4 is 11.1 Å². The summed E-state index contributed by atoms with van der Waals surface area (Å²) >= 11 is 11.5. The summed E-state index contributed by atoms with van der Waals surface area (Å²) in [5.74, 6) is -1.29. The summed E-state index contributed by atoms with van der Waals surface area (Å²) in [6.45, 7) is 0. The van der Waals surface area contributed by atoms with Gasteiger partial charge in [-0.25, -0.2) is 4.39 Å². The van der Waals surface area contributed by atoms with Gasteiger partial charge in [0.25, 0.3) is 5.91 Å². The third kappa shape index (κ3) is 3.16. The van der Waals surface area contributed by atoms with E-state index in [-0.39, 0.29) is 10.6 Å². The molecular formula is C13H9Cl2FN2O. The van der Waals surface area contributed by atoms with Crippen molar-refractivity contribution in [2.24, 2.45) is 0 Å². The normalized spacial score (nSPS) is 10.3. The van der Waals surface area contributed by atoms with Crippen molar-refractivity contribution in [3.63, 3.8) is 0 Å². The molecule has 0 aliphatic heterocycles. The minimum Gasteiger partial charge on any atom is -0.397 e. The number of carbonyl (C=O) groups is 1. The first-order valence-electron chi connectivity index (χ1n) is 5.29. The molecule has 6 heteroatoms. The van der Waals surface area contributed by atoms with Crippen molar-refractivity contribution in [1.29, 1.82) is 0 Å². The van der Waals surface area contributed by atoms with Crippen LogP contribution >= 0.6 is 23.2 Å². The van der Waals surface area contributed by atoms with Crippen molar-refractivity contribution in [1.82, 2.24) is 0 Å². The van der Waals surface area contributed by atoms with Crippen molar-refractivity contribution in [3.05, 3.63) is 57.8 Å². The number of anilines is 2. The number of hydrogen-bond donors (Lipinski definition) is 2. The molecule has 0 radical (unpaired) electrons. The zero-order chi connectivity index (χ0) is 14.0. The van der Waals surface area contributed by atoms with Crippen LogP contribution in [0.15, 0.2) is 36.4 Å². The van der Waals surface area contributed by atoms with Crippen LogP contribution in [0.2, 0.25) is 10.0 Å². The van der Waals surface area contributed by atoms with Crippen molar-refractivity contribution in [3.8, 4) is 0 Å². The molecule has 0 aliphatic carbocycles. The number of hydrogen-bond acceptors (Lipinski definition) is 2. The quantitative estimate of drug-likeness (QED) is 0.824. The molecule has 0 unspecified atom stereocenters. The molecule has 98 valence electrons. The van der Waals surface area contributed by atoms with Crippen LogP contribution in [0, 0.1) is 5.82 Å². The Morgan fingerprint density at radius 3 is 2.42 bits per heavy atom. The number of nitrogen functional groups attached to an aromatic ring is 1. The van der Waals surface area contributed by atoms with Gasteiger partial charge in [-0.2, -0.15) is 0 Å². The molecule has 0 saturated carbocycles. The Morgan fingerprint density at radius 2 is 1.74 bits per heavy atom. The van der Waals surface area contributed by atoms with Crippen LogP contribution in [0.1, 0.15) is 10.4 Å². The number of amides is 1. The van der Waals surface area contributed by atoms with Gasteiger partial charge in [0.1, 0.15) is 5.82 Å². The maximum Gasteiger partial charge on any atom is 0.258 e. The molecule has 0 spiro atoms. The molecule has 3 N–H and O–H groups in total. The Bertz CT molecular complexity index is 647. The van der Waals surface area contributed by atoms with Gasteiger partial charge in [0.15, 0.2) is 0 Å². The third-order valence-corrected chi connectivity index (χ3v) is 2.91. The van der Waals surface area contributed by atoms with Crippen LogP contribution in [0.3, 0.4) is 0 Å². The maximum absolute atomic E-state index is 13.5. The molecule has 0 atom stereocenters. The second-order valence-electron chi connectivity index (χ2n) is 3.81. The largest absolute Gasteiger partial charge is 0.397 e. The molecule has 2 rings (SSSR count). The Hall–Kier alpha value is -1.78. The van der Waals surface area contributed by atoms with Crippen molar-refractivity contribution < 1.29 is 9.18 Å². The van der Waals surface area contributed by atoms with Gasteiger partial charge in [-0.3, -0.25) is 4.79 Å². The Labute approximate surface area is 119 Å². The molecule has 0 aliphatic rings. The van der Waals surface area contributed by atoms with Gasteiger partial charge in [-0.1, -0.05) is 23.2 Å². The average molecular weight is 299 g/mol. The van der Waals surface area contributed by atoms with E-state index in [1.54, 1.807) is 6.07 Å². The lowest BCUT2D eigenvalue weighted by Gasteiger charge is -2.09. The molecule has 2 aromatic carbocycles. The van der Waals surface area contributed by atoms with Crippen molar-refractivity contribution >= 4 is 40.5 Å². The molecular weight excluding hydrogens is 290 g/mol. The van der Waals surface area contributed by atoms with Gasteiger partial charge in [0.2, 0.25) is 0 Å². The van der Waals surface area contributed by atoms with E-state index in [0.717, 1.165) is 6.07 Å². The van der Waals surface area contributed by atoms with E-state index in [4.69, 9.17) is 28.9 Å². The van der Waals surface area contributed by atoms with E-state index in [1.807, 2.05) is 0 Å². The summed E-state index contributed by atoms with van der Waals surface area (Å²) in [6, 6.07) is 8.34. The fraction of sp³-hybridized carbons (Fsp3) is 0. The fourth-order valence-corrected chi connectivity index (χ4v) is 1.86. The van der Waals surface area contributed by atoms with E-state index in [2.05, 4.69) is 5.32 Å². The highest BCUT2D eigenvalue weighted by Gasteiger charge is 2.13. The van der Waals surface area contributed by atoms with Gasteiger partial charge < -0.3 is 11.1 Å². The van der Waals surface area contributed by atoms with E-state index in [1.165, 1.54) is 24.3 Å². The van der Waals surface area contributed by atoms with Gasteiger partial charge in [0, 0.05) is 10.0 Å². The Kier molecular flexibility index (Phi) is 3.93. The van der Waals surface area contributed by atoms with Gasteiger partial charge in [-0.15, -0.1) is 0 Å². The summed E-state index contributed by atoms with van der Waals surface area (Å²) < 4.78 is 13.5. The van der Waals surface area contributed by atoms with E-state index < -0.39 is 11.7 Å². The monoisotopic (exact) mass is 298 g/mol. The second kappa shape index (κ2) is 5.47. The lowest BCUT2D eigenvalue weighted by Crippen LogP contribution is -2.14. The van der Waals surface area contributed by atoms with Crippen LogP contribution in [0.4, 0.5) is 15.8 Å². The van der Waals surface area contributed by atoms with Gasteiger partial charge >= 0.3 is 0 Å². The lowest BCUT2D eigenvalue weighted by molar-refractivity contribution is 0.102. The minimum atomic E-state index is -0.658. The number of halogens is 3. The minimum absolute atomic E-state index is 0.151. The second-order valence-corrected chi connectivity index (χ2v) is 4.68. The molecule has 0 heterocycles. The average Bonchev–Trinajstić information content (AvgIpc) is 2.35. The number of benzene rings is 2. The molecule has 0 fully saturated rings. The molecule has 0 bridgehead atoms. The number of nitrogens with one attached hydrogen (secondary N) is 1. The van der Waals surface area contributed by atoms with Crippen molar-refractivity contribution in [2.75, 3.05) is 11.1 Å². The number of rotatable bonds is 2. The smallest absolute Gasteiger partial charge is 0.258 e. The van der Waals surface area contributed by atoms with Crippen LogP contribution in [0.5, 0.6) is 0 Å². The van der Waals surface area contributed by atoms with E-state index in [9.17, 15) is 9.18 Å². The lowest BCUT2D eigenvalue weighted by atomic mass is 10.2. The summed E-state index contributed by atoms with van der Waals surface area (Å²) in [5, 5.41) is 3.22. The number of nitrogens with two attached hydrogens (primary N) is 1. The molecule has 1 amide bonds. The highest BCUT2D eigenvalue weighted by molar-refractivity contribution is 6.31. The third-order valence-electron chi connectivity index (χ3n) is 2.43. The zero-order valence-corrected chi connectivity index (χ0v) is 11.1. The SMILES string of the molecule is Nc1cc(Cl)ccc1NC(=O)c1cc(Cl)ccc1F. The zero-order valence-electron chi connectivity index (χ0n) is 9.58. The molecule has 2 aromatic rings. The molecule has 0 saturated heterocycles. The van der Waals surface area contributed by atoms with E-state index >= 15 is 0 Å². The molecule has 3 nitrogen and oxygen atoms in total.